The van der Waals surface area contributed by atoms with E-state index in [1.807, 2.05) is 12.4 Å². The zero-order chi connectivity index (χ0) is 13.2. The first kappa shape index (κ1) is 13.1. The van der Waals surface area contributed by atoms with Crippen LogP contribution in [0.15, 0.2) is 24.5 Å². The summed E-state index contributed by atoms with van der Waals surface area (Å²) in [5.41, 5.74) is 1.43. The van der Waals surface area contributed by atoms with Gasteiger partial charge >= 0.3 is 0 Å². The third-order valence-electron chi connectivity index (χ3n) is 5.35. The first-order valence-electron chi connectivity index (χ1n) is 7.96. The van der Waals surface area contributed by atoms with Gasteiger partial charge in [-0.2, -0.15) is 0 Å². The first-order valence-corrected chi connectivity index (χ1v) is 7.96. The van der Waals surface area contributed by atoms with Crippen LogP contribution in [0.4, 0.5) is 0 Å². The molecule has 2 fully saturated rings. The van der Waals surface area contributed by atoms with E-state index in [9.17, 15) is 0 Å². The fraction of sp³-hybridized carbons (Fsp3) is 0.706. The number of aromatic nitrogens is 1. The second-order valence-electron chi connectivity index (χ2n) is 6.34. The van der Waals surface area contributed by atoms with Gasteiger partial charge in [0.25, 0.3) is 0 Å². The minimum absolute atomic E-state index is 0.596. The van der Waals surface area contributed by atoms with Crippen molar-refractivity contribution in [3.63, 3.8) is 0 Å². The number of nitrogens with one attached hydrogen (secondary N) is 1. The van der Waals surface area contributed by atoms with E-state index in [0.29, 0.717) is 12.0 Å². The lowest BCUT2D eigenvalue weighted by molar-refractivity contribution is 0.388. The number of pyridine rings is 1. The van der Waals surface area contributed by atoms with Crippen molar-refractivity contribution in [2.24, 2.45) is 17.8 Å². The van der Waals surface area contributed by atoms with Gasteiger partial charge in [0.05, 0.1) is 0 Å². The minimum atomic E-state index is 0.596. The molecule has 104 valence electrons. The van der Waals surface area contributed by atoms with E-state index in [2.05, 4.69) is 36.3 Å². The van der Waals surface area contributed by atoms with Crippen LogP contribution in [-0.4, -0.2) is 17.6 Å². The van der Waals surface area contributed by atoms with Crippen LogP contribution in [0.2, 0.25) is 0 Å². The molecule has 1 N–H and O–H groups in total. The summed E-state index contributed by atoms with van der Waals surface area (Å²) in [4.78, 5) is 4.15. The second kappa shape index (κ2) is 5.62. The van der Waals surface area contributed by atoms with Gasteiger partial charge in [0.15, 0.2) is 0 Å². The van der Waals surface area contributed by atoms with Gasteiger partial charge in [0.1, 0.15) is 0 Å². The number of likely N-dealkylation sites (N-methyl/N-ethyl adjacent to an activating group) is 1. The summed E-state index contributed by atoms with van der Waals surface area (Å²) >= 11 is 0. The zero-order valence-corrected chi connectivity index (χ0v) is 12.2. The Morgan fingerprint density at radius 2 is 1.84 bits per heavy atom. The average Bonchev–Trinajstić information content (AvgIpc) is 3.19. The van der Waals surface area contributed by atoms with Gasteiger partial charge in [-0.25, -0.2) is 0 Å². The van der Waals surface area contributed by atoms with Crippen LogP contribution in [0.3, 0.4) is 0 Å². The summed E-state index contributed by atoms with van der Waals surface area (Å²) in [7, 11) is 0. The molecule has 0 radical (unpaired) electrons. The average molecular weight is 258 g/mol. The molecule has 3 rings (SSSR count). The van der Waals surface area contributed by atoms with E-state index >= 15 is 0 Å². The topological polar surface area (TPSA) is 24.9 Å². The lowest BCUT2D eigenvalue weighted by atomic mass is 9.89. The molecule has 0 bridgehead atoms. The molecular formula is C17H26N2. The van der Waals surface area contributed by atoms with Crippen molar-refractivity contribution in [2.75, 3.05) is 6.54 Å². The largest absolute Gasteiger partial charge is 0.313 e. The highest BCUT2D eigenvalue weighted by Gasteiger charge is 2.54. The van der Waals surface area contributed by atoms with Crippen LogP contribution in [0, 0.1) is 17.8 Å². The van der Waals surface area contributed by atoms with Gasteiger partial charge in [-0.15, -0.1) is 0 Å². The van der Waals surface area contributed by atoms with Crippen LogP contribution in [0.5, 0.6) is 0 Å². The van der Waals surface area contributed by atoms with Gasteiger partial charge in [-0.05, 0) is 60.8 Å². The first-order chi connectivity index (χ1) is 9.33. The summed E-state index contributed by atoms with van der Waals surface area (Å²) in [6.45, 7) is 5.70. The van der Waals surface area contributed by atoms with Crippen molar-refractivity contribution >= 4 is 0 Å². The predicted octanol–water partition coefficient (Wildman–Crippen LogP) is 3.60. The Morgan fingerprint density at radius 3 is 2.42 bits per heavy atom. The standard InChI is InChI=1S/C17H26N2/c1-3-19-17(12(2)13-8-10-18-11-9-13)16-14-6-4-5-7-15(14)16/h8-12,14-17,19H,3-7H2,1-2H3. The third kappa shape index (κ3) is 2.55. The second-order valence-corrected chi connectivity index (χ2v) is 6.34. The van der Waals surface area contributed by atoms with Crippen molar-refractivity contribution in [3.05, 3.63) is 30.1 Å². The van der Waals surface area contributed by atoms with E-state index in [1.165, 1.54) is 31.2 Å². The van der Waals surface area contributed by atoms with Gasteiger partial charge in [-0.1, -0.05) is 26.7 Å². The van der Waals surface area contributed by atoms with E-state index in [-0.39, 0.29) is 0 Å². The molecule has 4 atom stereocenters. The summed E-state index contributed by atoms with van der Waals surface area (Å²) in [6, 6.07) is 5.02. The molecule has 2 heteroatoms. The number of hydrogen-bond acceptors (Lipinski definition) is 2. The Bertz CT molecular complexity index is 391. The maximum atomic E-state index is 4.15. The maximum absolute atomic E-state index is 4.15. The predicted molar refractivity (Wildman–Crippen MR) is 79.1 cm³/mol. The van der Waals surface area contributed by atoms with Crippen molar-refractivity contribution in [1.29, 1.82) is 0 Å². The minimum Gasteiger partial charge on any atom is -0.313 e. The molecule has 4 unspecified atom stereocenters. The Labute approximate surface area is 117 Å². The monoisotopic (exact) mass is 258 g/mol. The molecule has 0 spiro atoms. The fourth-order valence-corrected chi connectivity index (χ4v) is 4.34. The molecule has 2 aliphatic carbocycles. The molecule has 1 aromatic rings. The van der Waals surface area contributed by atoms with Gasteiger partial charge in [0, 0.05) is 18.4 Å². The summed E-state index contributed by atoms with van der Waals surface area (Å²) < 4.78 is 0. The molecule has 19 heavy (non-hydrogen) atoms. The zero-order valence-electron chi connectivity index (χ0n) is 12.2. The highest BCUT2D eigenvalue weighted by Crippen LogP contribution is 2.58. The molecule has 0 saturated heterocycles. The van der Waals surface area contributed by atoms with Gasteiger partial charge < -0.3 is 5.32 Å². The van der Waals surface area contributed by atoms with E-state index in [4.69, 9.17) is 0 Å². The molecule has 1 aromatic heterocycles. The van der Waals surface area contributed by atoms with Crippen LogP contribution >= 0.6 is 0 Å². The van der Waals surface area contributed by atoms with Crippen LogP contribution < -0.4 is 5.32 Å². The quantitative estimate of drug-likeness (QED) is 0.873. The molecule has 2 saturated carbocycles. The summed E-state index contributed by atoms with van der Waals surface area (Å²) in [6.07, 6.45) is 9.71. The highest BCUT2D eigenvalue weighted by molar-refractivity contribution is 5.20. The number of fused-ring (bicyclic) bond motifs is 1. The molecule has 0 aromatic carbocycles. The summed E-state index contributed by atoms with van der Waals surface area (Å²) in [5, 5.41) is 3.78. The van der Waals surface area contributed by atoms with Crippen molar-refractivity contribution in [2.45, 2.75) is 51.5 Å². The van der Waals surface area contributed by atoms with Crippen molar-refractivity contribution in [3.8, 4) is 0 Å². The van der Waals surface area contributed by atoms with Gasteiger partial charge in [0.2, 0.25) is 0 Å². The van der Waals surface area contributed by atoms with E-state index < -0.39 is 0 Å². The van der Waals surface area contributed by atoms with Crippen LogP contribution in [0.1, 0.15) is 51.0 Å². The molecule has 2 nitrogen and oxygen atoms in total. The SMILES string of the molecule is CCNC(C(C)c1ccncc1)C1C2CCCCC21. The fourth-order valence-electron chi connectivity index (χ4n) is 4.34. The van der Waals surface area contributed by atoms with Crippen LogP contribution in [-0.2, 0) is 0 Å². The number of rotatable bonds is 5. The molecular weight excluding hydrogens is 232 g/mol. The number of nitrogens with zero attached hydrogens (tertiary/aromatic N) is 1. The lowest BCUT2D eigenvalue weighted by Gasteiger charge is -2.26. The Kier molecular flexibility index (Phi) is 3.88. The molecule has 0 amide bonds. The summed E-state index contributed by atoms with van der Waals surface area (Å²) in [5.74, 6) is 3.55. The third-order valence-corrected chi connectivity index (χ3v) is 5.35. The Morgan fingerprint density at radius 1 is 1.21 bits per heavy atom. The highest BCUT2D eigenvalue weighted by atomic mass is 14.9. The van der Waals surface area contributed by atoms with Gasteiger partial charge in [-0.3, -0.25) is 4.98 Å². The number of hydrogen-bond donors (Lipinski definition) is 1. The smallest absolute Gasteiger partial charge is 0.0270 e. The molecule has 2 aliphatic rings. The van der Waals surface area contributed by atoms with Crippen LogP contribution in [0.25, 0.3) is 0 Å². The normalized spacial score (nSPS) is 32.4. The molecule has 1 heterocycles. The lowest BCUT2D eigenvalue weighted by Crippen LogP contribution is -2.36. The Hall–Kier alpha value is -0.890. The maximum Gasteiger partial charge on any atom is 0.0270 e. The van der Waals surface area contributed by atoms with Crippen molar-refractivity contribution < 1.29 is 0 Å². The van der Waals surface area contributed by atoms with E-state index in [0.717, 1.165) is 24.3 Å². The van der Waals surface area contributed by atoms with Crippen molar-refractivity contribution in [1.82, 2.24) is 10.3 Å². The molecule has 0 aliphatic heterocycles. The van der Waals surface area contributed by atoms with E-state index in [1.54, 1.807) is 0 Å². The Balaban J connectivity index is 1.74.